The van der Waals surface area contributed by atoms with E-state index in [1.54, 1.807) is 0 Å². The fourth-order valence-corrected chi connectivity index (χ4v) is 0. The third kappa shape index (κ3) is 31.4. The van der Waals surface area contributed by atoms with Gasteiger partial charge in [-0.15, -0.1) is 0 Å². The lowest BCUT2D eigenvalue weighted by atomic mass is 10.4. The van der Waals surface area contributed by atoms with Crippen molar-refractivity contribution in [2.24, 2.45) is 0 Å². The predicted molar refractivity (Wildman–Crippen MR) is 63.0 cm³/mol. The molecule has 0 aromatic heterocycles. The molecule has 0 aliphatic rings. The lowest BCUT2D eigenvalue weighted by Gasteiger charge is -1.89. The van der Waals surface area contributed by atoms with E-state index in [4.69, 9.17) is 30.6 Å². The van der Waals surface area contributed by atoms with Gasteiger partial charge >= 0.3 is 17.9 Å². The van der Waals surface area contributed by atoms with Gasteiger partial charge in [-0.1, -0.05) is 0 Å². The molecule has 0 heterocycles. The van der Waals surface area contributed by atoms with Crippen molar-refractivity contribution in [1.82, 2.24) is 6.15 Å². The molecular weight excluding hydrogens is 266 g/mol. The zero-order valence-electron chi connectivity index (χ0n) is 10.8. The molecule has 10 nitrogen and oxygen atoms in total. The average molecular weight is 287 g/mol. The summed E-state index contributed by atoms with van der Waals surface area (Å²) in [4.78, 5) is 28.3. The minimum Gasteiger partial charge on any atom is -0.479 e. The van der Waals surface area contributed by atoms with Crippen LogP contribution in [0, 0.1) is 0 Å². The molecular formula is C9H21NO9. The molecule has 9 N–H and O–H groups in total. The van der Waals surface area contributed by atoms with Gasteiger partial charge in [0.15, 0.2) is 0 Å². The first-order valence-electron chi connectivity index (χ1n) is 4.66. The molecule has 0 aliphatic carbocycles. The monoisotopic (exact) mass is 287 g/mol. The molecule has 0 fully saturated rings. The Morgan fingerprint density at radius 3 is 0.684 bits per heavy atom. The fraction of sp³-hybridized carbons (Fsp3) is 0.667. The highest BCUT2D eigenvalue weighted by Crippen LogP contribution is 1.74. The number of aliphatic hydroxyl groups excluding tert-OH is 3. The van der Waals surface area contributed by atoms with Gasteiger partial charge in [0, 0.05) is 0 Å². The predicted octanol–water partition coefficient (Wildman–Crippen LogP) is -1.48. The number of aliphatic hydroxyl groups is 3. The molecule has 0 aliphatic heterocycles. The summed E-state index contributed by atoms with van der Waals surface area (Å²) in [5, 5.41) is 47.3. The zero-order valence-corrected chi connectivity index (χ0v) is 10.8. The molecule has 3 unspecified atom stereocenters. The van der Waals surface area contributed by atoms with E-state index in [1.807, 2.05) is 0 Å². The van der Waals surface area contributed by atoms with Crippen LogP contribution in [0.25, 0.3) is 0 Å². The number of aliphatic carboxylic acids is 3. The molecule has 116 valence electrons. The number of carboxylic acid groups (broad SMARTS) is 3. The van der Waals surface area contributed by atoms with E-state index in [-0.39, 0.29) is 6.15 Å². The maximum atomic E-state index is 9.45. The van der Waals surface area contributed by atoms with Crippen LogP contribution in [-0.2, 0) is 14.4 Å². The summed E-state index contributed by atoms with van der Waals surface area (Å²) in [7, 11) is 0. The molecule has 10 heteroatoms. The van der Waals surface area contributed by atoms with Crippen molar-refractivity contribution < 1.29 is 45.0 Å². The number of carbonyl (C=O) groups is 3. The normalized spacial score (nSPS) is 12.9. The molecule has 0 rings (SSSR count). The second kappa shape index (κ2) is 14.3. The fourth-order valence-electron chi connectivity index (χ4n) is 0. The van der Waals surface area contributed by atoms with E-state index >= 15 is 0 Å². The number of rotatable bonds is 3. The van der Waals surface area contributed by atoms with Gasteiger partial charge in [0.1, 0.15) is 18.3 Å². The van der Waals surface area contributed by atoms with E-state index in [1.165, 1.54) is 20.8 Å². The molecule has 0 saturated heterocycles. The van der Waals surface area contributed by atoms with Crippen molar-refractivity contribution >= 4 is 17.9 Å². The van der Waals surface area contributed by atoms with Crippen LogP contribution in [0.2, 0.25) is 0 Å². The molecule has 0 bridgehead atoms. The first kappa shape index (κ1) is 25.9. The van der Waals surface area contributed by atoms with Crippen LogP contribution >= 0.6 is 0 Å². The summed E-state index contributed by atoms with van der Waals surface area (Å²) in [6.45, 7) is 3.59. The standard InChI is InChI=1S/3C3H6O3.H3N/c3*1-2(4)3(5)6;/h3*2,4H,1H3,(H,5,6);1H3. The van der Waals surface area contributed by atoms with Crippen LogP contribution < -0.4 is 6.15 Å². The van der Waals surface area contributed by atoms with Crippen LogP contribution in [0.3, 0.4) is 0 Å². The van der Waals surface area contributed by atoms with Gasteiger partial charge in [0.2, 0.25) is 0 Å². The van der Waals surface area contributed by atoms with Crippen LogP contribution in [0.15, 0.2) is 0 Å². The molecule has 0 amide bonds. The van der Waals surface area contributed by atoms with Crippen molar-refractivity contribution in [3.8, 4) is 0 Å². The molecule has 3 atom stereocenters. The van der Waals surface area contributed by atoms with E-state index in [0.29, 0.717) is 0 Å². The Balaban J connectivity index is -0.0000000865. The van der Waals surface area contributed by atoms with Gasteiger partial charge in [-0.2, -0.15) is 0 Å². The highest BCUT2D eigenvalue weighted by atomic mass is 16.4. The summed E-state index contributed by atoms with van der Waals surface area (Å²) in [6.07, 6.45) is -3.69. The van der Waals surface area contributed by atoms with Crippen molar-refractivity contribution in [2.75, 3.05) is 0 Å². The smallest absolute Gasteiger partial charge is 0.332 e. The summed E-state index contributed by atoms with van der Waals surface area (Å²) < 4.78 is 0. The summed E-state index contributed by atoms with van der Waals surface area (Å²) in [5.74, 6) is -3.56. The Morgan fingerprint density at radius 2 is 0.684 bits per heavy atom. The number of hydrogen-bond donors (Lipinski definition) is 7. The highest BCUT2D eigenvalue weighted by molar-refractivity contribution is 5.71. The van der Waals surface area contributed by atoms with Gasteiger partial charge < -0.3 is 36.8 Å². The third-order valence-electron chi connectivity index (χ3n) is 1.07. The Morgan fingerprint density at radius 1 is 0.632 bits per heavy atom. The van der Waals surface area contributed by atoms with E-state index < -0.39 is 36.2 Å². The molecule has 0 spiro atoms. The Hall–Kier alpha value is -1.75. The third-order valence-corrected chi connectivity index (χ3v) is 1.07. The van der Waals surface area contributed by atoms with E-state index in [0.717, 1.165) is 0 Å². The summed E-state index contributed by atoms with van der Waals surface area (Å²) >= 11 is 0. The molecule has 0 aromatic carbocycles. The molecule has 0 aromatic rings. The van der Waals surface area contributed by atoms with E-state index in [9.17, 15) is 14.4 Å². The van der Waals surface area contributed by atoms with Crippen LogP contribution in [0.5, 0.6) is 0 Å². The van der Waals surface area contributed by atoms with Crippen molar-refractivity contribution in [2.45, 2.75) is 39.1 Å². The molecule has 0 radical (unpaired) electrons. The lowest BCUT2D eigenvalue weighted by molar-refractivity contribution is -0.146. The number of hydrogen-bond acceptors (Lipinski definition) is 7. The largest absolute Gasteiger partial charge is 0.479 e. The number of carboxylic acids is 3. The zero-order chi connectivity index (χ0) is 15.5. The molecule has 19 heavy (non-hydrogen) atoms. The van der Waals surface area contributed by atoms with E-state index in [2.05, 4.69) is 0 Å². The Kier molecular flexibility index (Phi) is 19.5. The van der Waals surface area contributed by atoms with Gasteiger partial charge in [-0.05, 0) is 20.8 Å². The molecule has 0 saturated carbocycles. The topological polar surface area (TPSA) is 208 Å². The second-order valence-corrected chi connectivity index (χ2v) is 3.04. The Labute approximate surface area is 109 Å². The minimum absolute atomic E-state index is 0. The first-order chi connectivity index (χ1) is 7.93. The van der Waals surface area contributed by atoms with Gasteiger partial charge in [-0.3, -0.25) is 0 Å². The maximum Gasteiger partial charge on any atom is 0.332 e. The van der Waals surface area contributed by atoms with Gasteiger partial charge in [0.25, 0.3) is 0 Å². The minimum atomic E-state index is -1.23. The Bertz CT molecular complexity index is 220. The van der Waals surface area contributed by atoms with Crippen LogP contribution in [0.1, 0.15) is 20.8 Å². The first-order valence-corrected chi connectivity index (χ1v) is 4.66. The summed E-state index contributed by atoms with van der Waals surface area (Å²) in [5.41, 5.74) is 0. The average Bonchev–Trinajstić information content (AvgIpc) is 2.18. The van der Waals surface area contributed by atoms with Crippen LogP contribution in [0.4, 0.5) is 0 Å². The maximum absolute atomic E-state index is 9.45. The van der Waals surface area contributed by atoms with Crippen molar-refractivity contribution in [3.05, 3.63) is 0 Å². The second-order valence-electron chi connectivity index (χ2n) is 3.04. The lowest BCUT2D eigenvalue weighted by Crippen LogP contribution is -2.13. The van der Waals surface area contributed by atoms with Crippen LogP contribution in [-0.4, -0.2) is 66.9 Å². The highest BCUT2D eigenvalue weighted by Gasteiger charge is 2.02. The SMILES string of the molecule is CC(O)C(=O)O.CC(O)C(=O)O.CC(O)C(=O)O.N. The van der Waals surface area contributed by atoms with Gasteiger partial charge in [-0.25, -0.2) is 14.4 Å². The quantitative estimate of drug-likeness (QED) is 0.320. The van der Waals surface area contributed by atoms with Gasteiger partial charge in [0.05, 0.1) is 0 Å². The summed E-state index contributed by atoms with van der Waals surface area (Å²) in [6, 6.07) is 0. The van der Waals surface area contributed by atoms with Crippen molar-refractivity contribution in [3.63, 3.8) is 0 Å². The van der Waals surface area contributed by atoms with Crippen molar-refractivity contribution in [1.29, 1.82) is 0 Å².